The molecule has 1 fully saturated rings. The largest absolute Gasteiger partial charge is 0.389 e. The van der Waals surface area contributed by atoms with E-state index in [-0.39, 0.29) is 0 Å². The molecule has 1 saturated heterocycles. The Hall–Kier alpha value is -1.20. The SMILES string of the molecule is C=C/C(C)=C\C=C1CON=C1N(C)CN1CCSCC1. The van der Waals surface area contributed by atoms with Crippen LogP contribution < -0.4 is 0 Å². The maximum atomic E-state index is 5.25. The van der Waals surface area contributed by atoms with E-state index in [0.29, 0.717) is 6.61 Å². The summed E-state index contributed by atoms with van der Waals surface area (Å²) in [5, 5.41) is 4.17. The molecule has 2 aliphatic rings. The molecule has 0 aromatic heterocycles. The van der Waals surface area contributed by atoms with Crippen molar-refractivity contribution < 1.29 is 4.84 Å². The number of thioether (sulfide) groups is 1. The van der Waals surface area contributed by atoms with Crippen molar-refractivity contribution in [2.45, 2.75) is 6.92 Å². The first-order valence-electron chi connectivity index (χ1n) is 6.92. The standard InChI is InChI=1S/C15H23N3OS/c1-4-13(2)5-6-14-11-19-16-15(14)17(3)12-18-7-9-20-10-8-18/h4-6H,1,7-12H2,2-3H3/b13-5-,14-6?. The van der Waals surface area contributed by atoms with Crippen LogP contribution in [-0.2, 0) is 4.84 Å². The quantitative estimate of drug-likeness (QED) is 0.744. The van der Waals surface area contributed by atoms with E-state index in [1.54, 1.807) is 0 Å². The van der Waals surface area contributed by atoms with Gasteiger partial charge < -0.3 is 9.74 Å². The van der Waals surface area contributed by atoms with Gasteiger partial charge in [-0.15, -0.1) is 0 Å². The first-order chi connectivity index (χ1) is 9.70. The molecule has 0 amide bonds. The van der Waals surface area contributed by atoms with E-state index in [9.17, 15) is 0 Å². The normalized spacial score (nSPS) is 22.6. The van der Waals surface area contributed by atoms with Crippen LogP contribution in [0.2, 0.25) is 0 Å². The molecule has 0 saturated carbocycles. The van der Waals surface area contributed by atoms with Gasteiger partial charge in [0, 0.05) is 37.2 Å². The van der Waals surface area contributed by atoms with Crippen molar-refractivity contribution in [3.05, 3.63) is 36.0 Å². The lowest BCUT2D eigenvalue weighted by Crippen LogP contribution is -2.43. The first kappa shape index (κ1) is 15.2. The van der Waals surface area contributed by atoms with Crippen LogP contribution in [0.5, 0.6) is 0 Å². The van der Waals surface area contributed by atoms with Gasteiger partial charge in [-0.2, -0.15) is 11.8 Å². The fraction of sp³-hybridized carbons (Fsp3) is 0.533. The number of likely N-dealkylation sites (N-methyl/N-ethyl adjacent to an activating group) is 1. The van der Waals surface area contributed by atoms with E-state index in [2.05, 4.69) is 40.7 Å². The highest BCUT2D eigenvalue weighted by atomic mass is 32.2. The highest BCUT2D eigenvalue weighted by Gasteiger charge is 2.21. The summed E-state index contributed by atoms with van der Waals surface area (Å²) in [6.07, 6.45) is 5.97. The van der Waals surface area contributed by atoms with Gasteiger partial charge >= 0.3 is 0 Å². The topological polar surface area (TPSA) is 28.1 Å². The number of amidine groups is 1. The summed E-state index contributed by atoms with van der Waals surface area (Å²) >= 11 is 2.03. The number of rotatable bonds is 4. The molecule has 0 aromatic carbocycles. The summed E-state index contributed by atoms with van der Waals surface area (Å²) in [6.45, 7) is 9.55. The molecule has 20 heavy (non-hydrogen) atoms. The van der Waals surface area contributed by atoms with E-state index in [1.807, 2.05) is 24.8 Å². The highest BCUT2D eigenvalue weighted by molar-refractivity contribution is 7.99. The summed E-state index contributed by atoms with van der Waals surface area (Å²) in [5.74, 6) is 3.39. The summed E-state index contributed by atoms with van der Waals surface area (Å²) in [7, 11) is 2.08. The monoisotopic (exact) mass is 293 g/mol. The third-order valence-electron chi connectivity index (χ3n) is 3.41. The lowest BCUT2D eigenvalue weighted by atomic mass is 10.2. The molecule has 2 heterocycles. The summed E-state index contributed by atoms with van der Waals surface area (Å²) in [5.41, 5.74) is 2.26. The smallest absolute Gasteiger partial charge is 0.175 e. The molecular formula is C15H23N3OS. The molecule has 2 aliphatic heterocycles. The molecule has 0 atom stereocenters. The molecule has 0 unspecified atom stereocenters. The average Bonchev–Trinajstić information content (AvgIpc) is 2.94. The molecule has 4 nitrogen and oxygen atoms in total. The van der Waals surface area contributed by atoms with Gasteiger partial charge in [-0.3, -0.25) is 4.90 Å². The van der Waals surface area contributed by atoms with Gasteiger partial charge in [0.05, 0.1) is 6.67 Å². The lowest BCUT2D eigenvalue weighted by Gasteiger charge is -2.31. The maximum Gasteiger partial charge on any atom is 0.175 e. The zero-order valence-electron chi connectivity index (χ0n) is 12.3. The van der Waals surface area contributed by atoms with Crippen molar-refractivity contribution in [3.63, 3.8) is 0 Å². The molecule has 5 heteroatoms. The van der Waals surface area contributed by atoms with E-state index >= 15 is 0 Å². The van der Waals surface area contributed by atoms with Crippen LogP contribution in [-0.4, -0.2) is 60.6 Å². The minimum Gasteiger partial charge on any atom is -0.389 e. The summed E-state index contributed by atoms with van der Waals surface area (Å²) in [4.78, 5) is 9.88. The van der Waals surface area contributed by atoms with Crippen LogP contribution in [0.4, 0.5) is 0 Å². The fourth-order valence-corrected chi connectivity index (χ4v) is 3.11. The second-order valence-corrected chi connectivity index (χ2v) is 6.29. The van der Waals surface area contributed by atoms with E-state index in [0.717, 1.165) is 36.7 Å². The first-order valence-corrected chi connectivity index (χ1v) is 8.07. The van der Waals surface area contributed by atoms with Crippen molar-refractivity contribution in [1.29, 1.82) is 0 Å². The fourth-order valence-electron chi connectivity index (χ4n) is 2.13. The number of allylic oxidation sites excluding steroid dienone is 4. The molecule has 2 rings (SSSR count). The zero-order chi connectivity index (χ0) is 14.4. The van der Waals surface area contributed by atoms with Gasteiger partial charge in [-0.25, -0.2) is 0 Å². The Balaban J connectivity index is 1.97. The Bertz CT molecular complexity index is 436. The van der Waals surface area contributed by atoms with Gasteiger partial charge in [0.2, 0.25) is 0 Å². The number of oxime groups is 1. The Morgan fingerprint density at radius 3 is 2.95 bits per heavy atom. The van der Waals surface area contributed by atoms with Gasteiger partial charge in [0.1, 0.15) is 6.61 Å². The predicted octanol–water partition coefficient (Wildman–Crippen LogP) is 2.33. The number of nitrogens with zero attached hydrogens (tertiary/aromatic N) is 3. The molecule has 0 radical (unpaired) electrons. The maximum absolute atomic E-state index is 5.25. The van der Waals surface area contributed by atoms with Crippen LogP contribution in [0, 0.1) is 0 Å². The summed E-state index contributed by atoms with van der Waals surface area (Å²) in [6, 6.07) is 0. The van der Waals surface area contributed by atoms with Crippen molar-refractivity contribution in [3.8, 4) is 0 Å². The van der Waals surface area contributed by atoms with Crippen LogP contribution >= 0.6 is 11.8 Å². The zero-order valence-corrected chi connectivity index (χ0v) is 13.2. The Morgan fingerprint density at radius 1 is 1.50 bits per heavy atom. The Labute approximate surface area is 125 Å². The second kappa shape index (κ2) is 7.55. The van der Waals surface area contributed by atoms with Crippen molar-refractivity contribution >= 4 is 17.6 Å². The number of hydrogen-bond donors (Lipinski definition) is 0. The molecule has 0 bridgehead atoms. The van der Waals surface area contributed by atoms with Crippen LogP contribution in [0.3, 0.4) is 0 Å². The second-order valence-electron chi connectivity index (χ2n) is 5.06. The van der Waals surface area contributed by atoms with Gasteiger partial charge in [-0.05, 0) is 6.92 Å². The van der Waals surface area contributed by atoms with Crippen molar-refractivity contribution in [2.24, 2.45) is 5.16 Å². The van der Waals surface area contributed by atoms with E-state index in [4.69, 9.17) is 4.84 Å². The molecular weight excluding hydrogens is 270 g/mol. The van der Waals surface area contributed by atoms with Gasteiger partial charge in [0.15, 0.2) is 5.84 Å². The van der Waals surface area contributed by atoms with Crippen molar-refractivity contribution in [2.75, 3.05) is 44.9 Å². The van der Waals surface area contributed by atoms with Crippen LogP contribution in [0.1, 0.15) is 6.92 Å². The van der Waals surface area contributed by atoms with E-state index < -0.39 is 0 Å². The Morgan fingerprint density at radius 2 is 2.25 bits per heavy atom. The summed E-state index contributed by atoms with van der Waals surface area (Å²) < 4.78 is 0. The minimum atomic E-state index is 0.552. The van der Waals surface area contributed by atoms with Crippen LogP contribution in [0.15, 0.2) is 41.1 Å². The predicted molar refractivity (Wildman–Crippen MR) is 87.0 cm³/mol. The molecule has 0 N–H and O–H groups in total. The molecule has 110 valence electrons. The highest BCUT2D eigenvalue weighted by Crippen LogP contribution is 2.15. The molecule has 0 aliphatic carbocycles. The Kier molecular flexibility index (Phi) is 5.73. The van der Waals surface area contributed by atoms with Gasteiger partial charge in [-0.1, -0.05) is 35.5 Å². The van der Waals surface area contributed by atoms with Crippen molar-refractivity contribution in [1.82, 2.24) is 9.80 Å². The minimum absolute atomic E-state index is 0.552. The van der Waals surface area contributed by atoms with Crippen LogP contribution in [0.25, 0.3) is 0 Å². The molecule has 0 aromatic rings. The van der Waals surface area contributed by atoms with Gasteiger partial charge in [0.25, 0.3) is 0 Å². The third-order valence-corrected chi connectivity index (χ3v) is 4.35. The van der Waals surface area contributed by atoms with E-state index in [1.165, 1.54) is 11.5 Å². The third kappa shape index (κ3) is 4.15. The lowest BCUT2D eigenvalue weighted by molar-refractivity contribution is 0.181. The average molecular weight is 293 g/mol. The number of hydrogen-bond acceptors (Lipinski definition) is 5. The molecule has 0 spiro atoms.